The monoisotopic (exact) mass is 478 g/mol. The molecule has 0 aliphatic rings. The second-order valence-corrected chi connectivity index (χ2v) is 16.1. The average molecular weight is 479 g/mol. The number of benzene rings is 3. The van der Waals surface area contributed by atoms with E-state index in [0.717, 1.165) is 5.75 Å². The van der Waals surface area contributed by atoms with Gasteiger partial charge in [-0.05, 0) is 34.8 Å². The highest BCUT2D eigenvalue weighted by Crippen LogP contribution is 2.48. The first kappa shape index (κ1) is 25.8. The summed E-state index contributed by atoms with van der Waals surface area (Å²) in [6, 6.07) is 32.5. The molecule has 4 heteroatoms. The van der Waals surface area contributed by atoms with Gasteiger partial charge < -0.3 is 9.16 Å². The van der Waals surface area contributed by atoms with E-state index in [4.69, 9.17) is 9.16 Å². The number of methoxy groups -OCH3 is 1. The minimum atomic E-state index is -1.84. The van der Waals surface area contributed by atoms with Crippen molar-refractivity contribution in [3.63, 3.8) is 0 Å². The fraction of sp³-hybridized carbons (Fsp3) is 0.379. The molecule has 0 N–H and O–H groups in total. The van der Waals surface area contributed by atoms with E-state index in [1.165, 1.54) is 16.7 Å². The molecule has 0 saturated carbocycles. The van der Waals surface area contributed by atoms with E-state index in [1.54, 1.807) is 7.11 Å². The van der Waals surface area contributed by atoms with Crippen molar-refractivity contribution in [2.45, 2.75) is 49.8 Å². The number of hydrogen-bond donors (Lipinski definition) is 0. The lowest BCUT2D eigenvalue weighted by Crippen LogP contribution is -2.43. The van der Waals surface area contributed by atoms with Crippen LogP contribution < -0.4 is 0 Å². The van der Waals surface area contributed by atoms with Crippen molar-refractivity contribution >= 4 is 20.1 Å². The Labute approximate surface area is 205 Å². The molecule has 0 spiro atoms. The molecule has 1 atom stereocenters. The minimum absolute atomic E-state index is 0.0136. The molecule has 0 amide bonds. The van der Waals surface area contributed by atoms with E-state index in [-0.39, 0.29) is 15.9 Å². The van der Waals surface area contributed by atoms with E-state index in [2.05, 4.69) is 125 Å². The second-order valence-electron chi connectivity index (χ2n) is 10.0. The Bertz CT molecular complexity index is 872. The van der Waals surface area contributed by atoms with Crippen LogP contribution in [-0.4, -0.2) is 33.9 Å². The summed E-state index contributed by atoms with van der Waals surface area (Å²) in [5.41, 5.74) is 3.81. The van der Waals surface area contributed by atoms with Gasteiger partial charge >= 0.3 is 0 Å². The Morgan fingerprint density at radius 2 is 1.12 bits per heavy atom. The van der Waals surface area contributed by atoms with E-state index < -0.39 is 8.32 Å². The summed E-state index contributed by atoms with van der Waals surface area (Å²) >= 11 is 1.93. The predicted molar refractivity (Wildman–Crippen MR) is 146 cm³/mol. The normalized spacial score (nSPS) is 13.6. The molecule has 3 aromatic rings. The maximum absolute atomic E-state index is 6.53. The quantitative estimate of drug-likeness (QED) is 0.219. The number of thioether (sulfide) groups is 1. The van der Waals surface area contributed by atoms with Gasteiger partial charge in [-0.25, -0.2) is 0 Å². The molecule has 0 unspecified atom stereocenters. The first-order valence-corrected chi connectivity index (χ1v) is 15.6. The Balaban J connectivity index is 1.97. The van der Waals surface area contributed by atoms with Gasteiger partial charge in [-0.1, -0.05) is 112 Å². The maximum atomic E-state index is 6.53. The molecule has 0 radical (unpaired) electrons. The average Bonchev–Trinajstić information content (AvgIpc) is 2.82. The Morgan fingerprint density at radius 3 is 1.45 bits per heavy atom. The van der Waals surface area contributed by atoms with Crippen LogP contribution in [0.4, 0.5) is 0 Å². The van der Waals surface area contributed by atoms with Gasteiger partial charge in [0, 0.05) is 12.9 Å². The third-order valence-corrected chi connectivity index (χ3v) is 13.0. The summed E-state index contributed by atoms with van der Waals surface area (Å²) in [5, 5.41) is 0.181. The summed E-state index contributed by atoms with van der Waals surface area (Å²) in [6.07, 6.45) is 0.0136. The van der Waals surface area contributed by atoms with Crippen LogP contribution in [0.1, 0.15) is 37.5 Å². The highest BCUT2D eigenvalue weighted by molar-refractivity contribution is 8.00. The van der Waals surface area contributed by atoms with Crippen LogP contribution in [0.15, 0.2) is 91.0 Å². The molecule has 0 aliphatic heterocycles. The number of rotatable bonds is 10. The summed E-state index contributed by atoms with van der Waals surface area (Å²) in [6.45, 7) is 12.1. The highest BCUT2D eigenvalue weighted by Gasteiger charge is 2.39. The highest BCUT2D eigenvalue weighted by atomic mass is 32.2. The summed E-state index contributed by atoms with van der Waals surface area (Å²) in [5.74, 6) is 0.823. The third-order valence-electron chi connectivity index (χ3n) is 6.80. The SMILES string of the molecule is CO[C@H](CO[Si](C)(C)C(C)(C)C)CSC(c1ccccc1)(c1ccccc1)c1ccccc1. The predicted octanol–water partition coefficient (Wildman–Crippen LogP) is 7.75. The van der Waals surface area contributed by atoms with Crippen LogP contribution >= 0.6 is 11.8 Å². The van der Waals surface area contributed by atoms with Crippen molar-refractivity contribution in [2.75, 3.05) is 19.5 Å². The van der Waals surface area contributed by atoms with E-state index in [1.807, 2.05) is 11.8 Å². The van der Waals surface area contributed by atoms with E-state index in [9.17, 15) is 0 Å². The van der Waals surface area contributed by atoms with Crippen LogP contribution in [-0.2, 0) is 13.9 Å². The lowest BCUT2D eigenvalue weighted by Gasteiger charge is -2.38. The maximum Gasteiger partial charge on any atom is 0.192 e. The minimum Gasteiger partial charge on any atom is -0.414 e. The van der Waals surface area contributed by atoms with Gasteiger partial charge in [-0.2, -0.15) is 0 Å². The lowest BCUT2D eigenvalue weighted by molar-refractivity contribution is 0.0695. The van der Waals surface area contributed by atoms with Gasteiger partial charge in [-0.3, -0.25) is 0 Å². The van der Waals surface area contributed by atoms with Gasteiger partial charge in [0.25, 0.3) is 0 Å². The zero-order chi connectivity index (χ0) is 24.0. The van der Waals surface area contributed by atoms with Crippen LogP contribution in [0.2, 0.25) is 18.1 Å². The molecular formula is C29H38O2SSi. The molecule has 0 heterocycles. The Kier molecular flexibility index (Phi) is 8.63. The van der Waals surface area contributed by atoms with Crippen molar-refractivity contribution in [2.24, 2.45) is 0 Å². The summed E-state index contributed by atoms with van der Waals surface area (Å²) in [7, 11) is -0.0388. The molecule has 3 rings (SSSR count). The van der Waals surface area contributed by atoms with Crippen LogP contribution in [0, 0.1) is 0 Å². The zero-order valence-corrected chi connectivity index (χ0v) is 22.7. The van der Waals surface area contributed by atoms with Crippen molar-refractivity contribution in [3.05, 3.63) is 108 Å². The molecular weight excluding hydrogens is 440 g/mol. The molecule has 0 saturated heterocycles. The number of hydrogen-bond acceptors (Lipinski definition) is 3. The fourth-order valence-electron chi connectivity index (χ4n) is 3.69. The zero-order valence-electron chi connectivity index (χ0n) is 20.9. The van der Waals surface area contributed by atoms with E-state index in [0.29, 0.717) is 6.61 Å². The van der Waals surface area contributed by atoms with Crippen LogP contribution in [0.3, 0.4) is 0 Å². The van der Waals surface area contributed by atoms with Crippen LogP contribution in [0.25, 0.3) is 0 Å². The van der Waals surface area contributed by atoms with E-state index >= 15 is 0 Å². The first-order chi connectivity index (χ1) is 15.7. The van der Waals surface area contributed by atoms with Gasteiger partial charge in [0.1, 0.15) is 0 Å². The molecule has 0 aromatic heterocycles. The van der Waals surface area contributed by atoms with Crippen molar-refractivity contribution in [1.29, 1.82) is 0 Å². The Morgan fingerprint density at radius 1 is 0.727 bits per heavy atom. The molecule has 0 aliphatic carbocycles. The summed E-state index contributed by atoms with van der Waals surface area (Å²) < 4.78 is 12.1. The number of ether oxygens (including phenoxy) is 1. The molecule has 33 heavy (non-hydrogen) atoms. The van der Waals surface area contributed by atoms with Crippen molar-refractivity contribution < 1.29 is 9.16 Å². The largest absolute Gasteiger partial charge is 0.414 e. The standard InChI is InChI=1S/C29H38O2SSi/c1-28(2,3)33(5,6)31-22-27(30-4)23-32-29(24-16-10-7-11-17-24,25-18-12-8-13-19-25)26-20-14-9-15-21-26/h7-21,27H,22-23H2,1-6H3/t27-/m1/s1. The van der Waals surface area contributed by atoms with Gasteiger partial charge in [0.15, 0.2) is 8.32 Å². The topological polar surface area (TPSA) is 18.5 Å². The summed E-state index contributed by atoms with van der Waals surface area (Å²) in [4.78, 5) is 0. The fourth-order valence-corrected chi connectivity index (χ4v) is 6.30. The second kappa shape index (κ2) is 11.0. The molecule has 2 nitrogen and oxygen atoms in total. The van der Waals surface area contributed by atoms with Crippen molar-refractivity contribution in [3.8, 4) is 0 Å². The van der Waals surface area contributed by atoms with Gasteiger partial charge in [0.2, 0.25) is 0 Å². The molecule has 176 valence electrons. The van der Waals surface area contributed by atoms with Crippen LogP contribution in [0.5, 0.6) is 0 Å². The Hall–Kier alpha value is -1.85. The van der Waals surface area contributed by atoms with Gasteiger partial charge in [0.05, 0.1) is 17.5 Å². The molecule has 0 bridgehead atoms. The third kappa shape index (κ3) is 5.99. The van der Waals surface area contributed by atoms with Gasteiger partial charge in [-0.15, -0.1) is 11.8 Å². The smallest absolute Gasteiger partial charge is 0.192 e. The molecule has 0 fully saturated rings. The lowest BCUT2D eigenvalue weighted by atomic mass is 9.84. The van der Waals surface area contributed by atoms with Crippen molar-refractivity contribution in [1.82, 2.24) is 0 Å². The first-order valence-electron chi connectivity index (χ1n) is 11.7. The molecule has 3 aromatic carbocycles.